The lowest BCUT2D eigenvalue weighted by atomic mass is 10.0. The van der Waals surface area contributed by atoms with Crippen LogP contribution in [0.2, 0.25) is 0 Å². The van der Waals surface area contributed by atoms with Crippen LogP contribution >= 0.6 is 0 Å². The average molecular weight is 247 g/mol. The van der Waals surface area contributed by atoms with Gasteiger partial charge < -0.3 is 4.90 Å². The Morgan fingerprint density at radius 2 is 2.00 bits per heavy atom. The van der Waals surface area contributed by atoms with E-state index in [0.717, 1.165) is 32.4 Å². The molecule has 0 spiro atoms. The summed E-state index contributed by atoms with van der Waals surface area (Å²) in [5.41, 5.74) is 0.246. The zero-order valence-electron chi connectivity index (χ0n) is 11.2. The number of aromatic nitrogens is 2. The van der Waals surface area contributed by atoms with Crippen molar-refractivity contribution >= 4 is 5.91 Å². The number of carbonyl (C=O) groups is 1. The van der Waals surface area contributed by atoms with Crippen LogP contribution in [0.5, 0.6) is 0 Å². The molecule has 4 nitrogen and oxygen atoms in total. The normalized spacial score (nSPS) is 27.2. The summed E-state index contributed by atoms with van der Waals surface area (Å²) in [6.07, 6.45) is 6.96. The van der Waals surface area contributed by atoms with E-state index in [1.807, 2.05) is 23.1 Å². The quantitative estimate of drug-likeness (QED) is 0.802. The van der Waals surface area contributed by atoms with Crippen molar-refractivity contribution < 1.29 is 4.79 Å². The van der Waals surface area contributed by atoms with Gasteiger partial charge in [-0.3, -0.25) is 9.48 Å². The third kappa shape index (κ3) is 2.04. The van der Waals surface area contributed by atoms with Crippen molar-refractivity contribution in [3.63, 3.8) is 0 Å². The van der Waals surface area contributed by atoms with Gasteiger partial charge in [0, 0.05) is 31.4 Å². The molecule has 0 N–H and O–H groups in total. The Balaban J connectivity index is 1.56. The molecule has 4 heteroatoms. The average Bonchev–Trinajstić information content (AvgIpc) is 2.82. The van der Waals surface area contributed by atoms with Crippen molar-refractivity contribution in [1.82, 2.24) is 14.7 Å². The smallest absolute Gasteiger partial charge is 0.226 e. The molecular formula is C14H21N3O. The van der Waals surface area contributed by atoms with Gasteiger partial charge in [-0.05, 0) is 30.7 Å². The van der Waals surface area contributed by atoms with E-state index in [1.54, 1.807) is 0 Å². The molecule has 2 fully saturated rings. The van der Waals surface area contributed by atoms with E-state index in [2.05, 4.69) is 23.8 Å². The second kappa shape index (κ2) is 4.11. The predicted octanol–water partition coefficient (Wildman–Crippen LogP) is 2.09. The van der Waals surface area contributed by atoms with Crippen molar-refractivity contribution in [2.24, 2.45) is 11.3 Å². The molecule has 0 bridgehead atoms. The van der Waals surface area contributed by atoms with Gasteiger partial charge in [-0.15, -0.1) is 0 Å². The van der Waals surface area contributed by atoms with Crippen LogP contribution in [0.4, 0.5) is 0 Å². The highest BCUT2D eigenvalue weighted by atomic mass is 16.2. The number of piperidine rings is 1. The molecule has 1 amide bonds. The number of nitrogens with zero attached hydrogens (tertiary/aromatic N) is 3. The SMILES string of the molecule is CC1(C)CC1C(=O)N1CCC(n2cccn2)CC1. The highest BCUT2D eigenvalue weighted by molar-refractivity contribution is 5.82. The van der Waals surface area contributed by atoms with E-state index >= 15 is 0 Å². The predicted molar refractivity (Wildman–Crippen MR) is 69.0 cm³/mol. The number of hydrogen-bond donors (Lipinski definition) is 0. The van der Waals surface area contributed by atoms with E-state index in [4.69, 9.17) is 0 Å². The van der Waals surface area contributed by atoms with Gasteiger partial charge in [0.25, 0.3) is 0 Å². The van der Waals surface area contributed by atoms with Crippen molar-refractivity contribution in [3.05, 3.63) is 18.5 Å². The van der Waals surface area contributed by atoms with Gasteiger partial charge in [0.2, 0.25) is 5.91 Å². The van der Waals surface area contributed by atoms with Crippen LogP contribution < -0.4 is 0 Å². The summed E-state index contributed by atoms with van der Waals surface area (Å²) in [5.74, 6) is 0.651. The number of rotatable bonds is 2. The summed E-state index contributed by atoms with van der Waals surface area (Å²) in [6, 6.07) is 2.43. The molecule has 2 heterocycles. The van der Waals surface area contributed by atoms with Gasteiger partial charge in [0.1, 0.15) is 0 Å². The van der Waals surface area contributed by atoms with Gasteiger partial charge in [-0.2, -0.15) is 5.10 Å². The zero-order valence-corrected chi connectivity index (χ0v) is 11.2. The Labute approximate surface area is 108 Å². The zero-order chi connectivity index (χ0) is 12.8. The van der Waals surface area contributed by atoms with E-state index in [1.165, 1.54) is 0 Å². The lowest BCUT2D eigenvalue weighted by molar-refractivity contribution is -0.134. The van der Waals surface area contributed by atoms with Crippen LogP contribution in [-0.4, -0.2) is 33.7 Å². The van der Waals surface area contributed by atoms with Crippen LogP contribution in [-0.2, 0) is 4.79 Å². The lowest BCUT2D eigenvalue weighted by Gasteiger charge is -2.32. The Hall–Kier alpha value is -1.32. The second-order valence-corrected chi connectivity index (χ2v) is 6.29. The van der Waals surface area contributed by atoms with Gasteiger partial charge >= 0.3 is 0 Å². The monoisotopic (exact) mass is 247 g/mol. The molecule has 0 radical (unpaired) electrons. The molecule has 1 unspecified atom stereocenters. The fraction of sp³-hybridized carbons (Fsp3) is 0.714. The molecule has 0 aromatic carbocycles. The Bertz CT molecular complexity index is 430. The van der Waals surface area contributed by atoms with Crippen LogP contribution in [0, 0.1) is 11.3 Å². The summed E-state index contributed by atoms with van der Waals surface area (Å²) in [6.45, 7) is 6.14. The second-order valence-electron chi connectivity index (χ2n) is 6.29. The Morgan fingerprint density at radius 1 is 1.33 bits per heavy atom. The first-order valence-corrected chi connectivity index (χ1v) is 6.86. The number of likely N-dealkylation sites (tertiary alicyclic amines) is 1. The van der Waals surface area contributed by atoms with E-state index in [9.17, 15) is 4.79 Å². The minimum Gasteiger partial charge on any atom is -0.342 e. The number of carbonyl (C=O) groups excluding carboxylic acids is 1. The summed E-state index contributed by atoms with van der Waals surface area (Å²) in [5, 5.41) is 4.29. The highest BCUT2D eigenvalue weighted by Gasteiger charge is 2.52. The molecule has 1 aromatic rings. The van der Waals surface area contributed by atoms with Gasteiger partial charge in [-0.1, -0.05) is 13.8 Å². The fourth-order valence-electron chi connectivity index (χ4n) is 2.96. The molecule has 1 saturated carbocycles. The molecule has 1 aliphatic carbocycles. The van der Waals surface area contributed by atoms with E-state index in [0.29, 0.717) is 11.9 Å². The maximum Gasteiger partial charge on any atom is 0.226 e. The first-order valence-electron chi connectivity index (χ1n) is 6.86. The first-order chi connectivity index (χ1) is 8.58. The summed E-state index contributed by atoms with van der Waals surface area (Å²) in [7, 11) is 0. The van der Waals surface area contributed by atoms with Gasteiger partial charge in [-0.25, -0.2) is 0 Å². The maximum absolute atomic E-state index is 12.3. The van der Waals surface area contributed by atoms with Crippen molar-refractivity contribution in [2.45, 2.75) is 39.2 Å². The van der Waals surface area contributed by atoms with Crippen molar-refractivity contribution in [2.75, 3.05) is 13.1 Å². The van der Waals surface area contributed by atoms with Gasteiger partial charge in [0.15, 0.2) is 0 Å². The molecule has 1 saturated heterocycles. The number of hydrogen-bond acceptors (Lipinski definition) is 2. The highest BCUT2D eigenvalue weighted by Crippen LogP contribution is 2.52. The molecule has 18 heavy (non-hydrogen) atoms. The van der Waals surface area contributed by atoms with E-state index in [-0.39, 0.29) is 11.3 Å². The molecule has 1 atom stereocenters. The van der Waals surface area contributed by atoms with Gasteiger partial charge in [0.05, 0.1) is 6.04 Å². The maximum atomic E-state index is 12.3. The van der Waals surface area contributed by atoms with Crippen LogP contribution in [0.25, 0.3) is 0 Å². The fourth-order valence-corrected chi connectivity index (χ4v) is 2.96. The minimum absolute atomic E-state index is 0.246. The molecule has 1 aromatic heterocycles. The summed E-state index contributed by atoms with van der Waals surface area (Å²) in [4.78, 5) is 14.3. The largest absolute Gasteiger partial charge is 0.342 e. The van der Waals surface area contributed by atoms with E-state index < -0.39 is 0 Å². The molecule has 1 aliphatic heterocycles. The standard InChI is InChI=1S/C14H21N3O/c1-14(2)10-12(14)13(18)16-8-4-11(5-9-16)17-7-3-6-15-17/h3,6-7,11-12H,4-5,8-10H2,1-2H3. The molecule has 3 rings (SSSR count). The van der Waals surface area contributed by atoms with Crippen molar-refractivity contribution in [3.8, 4) is 0 Å². The summed E-state index contributed by atoms with van der Waals surface area (Å²) >= 11 is 0. The van der Waals surface area contributed by atoms with Crippen molar-refractivity contribution in [1.29, 1.82) is 0 Å². The number of amides is 1. The molecule has 98 valence electrons. The van der Waals surface area contributed by atoms with Crippen LogP contribution in [0.15, 0.2) is 18.5 Å². The van der Waals surface area contributed by atoms with Crippen LogP contribution in [0.1, 0.15) is 39.2 Å². The molecular weight excluding hydrogens is 226 g/mol. The minimum atomic E-state index is 0.246. The Kier molecular flexibility index (Phi) is 2.68. The topological polar surface area (TPSA) is 38.1 Å². The third-order valence-corrected chi connectivity index (χ3v) is 4.49. The molecule has 2 aliphatic rings. The first kappa shape index (κ1) is 11.8. The summed E-state index contributed by atoms with van der Waals surface area (Å²) < 4.78 is 2.03. The Morgan fingerprint density at radius 3 is 2.50 bits per heavy atom. The van der Waals surface area contributed by atoms with Crippen LogP contribution in [0.3, 0.4) is 0 Å². The lowest BCUT2D eigenvalue weighted by Crippen LogP contribution is -2.40. The third-order valence-electron chi connectivity index (χ3n) is 4.49.